The van der Waals surface area contributed by atoms with Gasteiger partial charge >= 0.3 is 0 Å². The number of aromatic amines is 1. The number of aromatic nitrogens is 1. The van der Waals surface area contributed by atoms with E-state index in [-0.39, 0.29) is 11.7 Å². The normalized spacial score (nSPS) is 10.7. The fourth-order valence-corrected chi connectivity index (χ4v) is 2.43. The van der Waals surface area contributed by atoms with Crippen LogP contribution in [0.1, 0.15) is 11.1 Å². The molecule has 0 unspecified atom stereocenters. The molecule has 0 aliphatic carbocycles. The molecule has 2 aromatic carbocycles. The number of hydrogen-bond donors (Lipinski definition) is 3. The van der Waals surface area contributed by atoms with Crippen LogP contribution in [0.4, 0.5) is 5.69 Å². The van der Waals surface area contributed by atoms with E-state index in [9.17, 15) is 9.90 Å². The lowest BCUT2D eigenvalue weighted by Gasteiger charge is -2.08. The van der Waals surface area contributed by atoms with Crippen LogP contribution in [0, 0.1) is 6.92 Å². The van der Waals surface area contributed by atoms with E-state index in [1.165, 1.54) is 0 Å². The van der Waals surface area contributed by atoms with E-state index in [0.717, 1.165) is 27.7 Å². The molecule has 0 radical (unpaired) electrons. The molecular formula is C17H16N2O2. The highest BCUT2D eigenvalue weighted by molar-refractivity contribution is 5.96. The van der Waals surface area contributed by atoms with Crippen molar-refractivity contribution in [2.24, 2.45) is 0 Å². The minimum atomic E-state index is -0.0754. The molecule has 1 heterocycles. The smallest absolute Gasteiger partial charge is 0.228 e. The number of phenolic OH excluding ortho intramolecular Hbond substituents is 1. The van der Waals surface area contributed by atoms with Crippen molar-refractivity contribution < 1.29 is 9.90 Å². The van der Waals surface area contributed by atoms with Crippen LogP contribution in [-0.4, -0.2) is 16.0 Å². The highest BCUT2D eigenvalue weighted by Crippen LogP contribution is 2.22. The molecule has 0 saturated heterocycles. The Balaban J connectivity index is 1.77. The minimum Gasteiger partial charge on any atom is -0.508 e. The van der Waals surface area contributed by atoms with Crippen LogP contribution in [-0.2, 0) is 11.2 Å². The molecule has 1 aromatic heterocycles. The molecule has 3 rings (SSSR count). The summed E-state index contributed by atoms with van der Waals surface area (Å²) in [5.74, 6) is 0.121. The van der Waals surface area contributed by atoms with Crippen LogP contribution < -0.4 is 5.32 Å². The number of phenols is 1. The van der Waals surface area contributed by atoms with Crippen molar-refractivity contribution >= 4 is 22.5 Å². The SMILES string of the molecule is Cc1cc(O)ccc1NC(=O)Cc1c[nH]c2ccccc12. The first-order valence-electron chi connectivity index (χ1n) is 6.78. The molecule has 21 heavy (non-hydrogen) atoms. The van der Waals surface area contributed by atoms with Gasteiger partial charge in [0.05, 0.1) is 6.42 Å². The minimum absolute atomic E-state index is 0.0754. The molecule has 0 fully saturated rings. The molecule has 4 nitrogen and oxygen atoms in total. The van der Waals surface area contributed by atoms with Gasteiger partial charge in [0.15, 0.2) is 0 Å². The number of hydrogen-bond acceptors (Lipinski definition) is 2. The second kappa shape index (κ2) is 5.32. The molecule has 106 valence electrons. The monoisotopic (exact) mass is 280 g/mol. The van der Waals surface area contributed by atoms with Gasteiger partial charge in [-0.05, 0) is 42.3 Å². The van der Waals surface area contributed by atoms with E-state index in [2.05, 4.69) is 10.3 Å². The number of nitrogens with one attached hydrogen (secondary N) is 2. The van der Waals surface area contributed by atoms with Crippen molar-refractivity contribution in [3.8, 4) is 5.75 Å². The largest absolute Gasteiger partial charge is 0.508 e. The number of para-hydroxylation sites is 1. The Morgan fingerprint density at radius 1 is 1.24 bits per heavy atom. The fraction of sp³-hybridized carbons (Fsp3) is 0.118. The first kappa shape index (κ1) is 13.2. The van der Waals surface area contributed by atoms with Crippen LogP contribution in [0.25, 0.3) is 10.9 Å². The number of aromatic hydroxyl groups is 1. The summed E-state index contributed by atoms with van der Waals surface area (Å²) in [4.78, 5) is 15.3. The summed E-state index contributed by atoms with van der Waals surface area (Å²) in [6, 6.07) is 12.8. The Morgan fingerprint density at radius 2 is 2.05 bits per heavy atom. The molecular weight excluding hydrogens is 264 g/mol. The average Bonchev–Trinajstić information content (AvgIpc) is 2.85. The summed E-state index contributed by atoms with van der Waals surface area (Å²) in [5.41, 5.74) is 3.56. The number of rotatable bonds is 3. The first-order valence-corrected chi connectivity index (χ1v) is 6.78. The van der Waals surface area contributed by atoms with Gasteiger partial charge in [-0.3, -0.25) is 4.79 Å². The van der Waals surface area contributed by atoms with Gasteiger partial charge in [0.2, 0.25) is 5.91 Å². The van der Waals surface area contributed by atoms with Crippen molar-refractivity contribution in [3.05, 3.63) is 59.8 Å². The maximum atomic E-state index is 12.2. The Bertz CT molecular complexity index is 805. The molecule has 0 aliphatic rings. The summed E-state index contributed by atoms with van der Waals surface area (Å²) in [6.07, 6.45) is 2.18. The number of amides is 1. The molecule has 4 heteroatoms. The van der Waals surface area contributed by atoms with E-state index in [1.807, 2.05) is 37.4 Å². The fourth-order valence-electron chi connectivity index (χ4n) is 2.43. The molecule has 0 spiro atoms. The number of anilines is 1. The van der Waals surface area contributed by atoms with Crippen molar-refractivity contribution in [2.75, 3.05) is 5.32 Å². The predicted octanol–water partition coefficient (Wildman–Crippen LogP) is 3.36. The van der Waals surface area contributed by atoms with Gasteiger partial charge in [0, 0.05) is 22.8 Å². The van der Waals surface area contributed by atoms with Gasteiger partial charge in [-0.2, -0.15) is 0 Å². The molecule has 0 saturated carbocycles. The Labute approximate surface area is 122 Å². The van der Waals surface area contributed by atoms with E-state index in [0.29, 0.717) is 6.42 Å². The number of aryl methyl sites for hydroxylation is 1. The zero-order valence-corrected chi connectivity index (χ0v) is 11.7. The summed E-state index contributed by atoms with van der Waals surface area (Å²) in [7, 11) is 0. The molecule has 1 amide bonds. The molecule has 3 aromatic rings. The van der Waals surface area contributed by atoms with Gasteiger partial charge in [-0.15, -0.1) is 0 Å². The first-order chi connectivity index (χ1) is 10.1. The Hall–Kier alpha value is -2.75. The van der Waals surface area contributed by atoms with Gasteiger partial charge < -0.3 is 15.4 Å². The zero-order valence-electron chi connectivity index (χ0n) is 11.7. The molecule has 3 N–H and O–H groups in total. The van der Waals surface area contributed by atoms with Gasteiger partial charge in [-0.25, -0.2) is 0 Å². The summed E-state index contributed by atoms with van der Waals surface area (Å²) in [5, 5.41) is 13.3. The summed E-state index contributed by atoms with van der Waals surface area (Å²) < 4.78 is 0. The van der Waals surface area contributed by atoms with Crippen LogP contribution in [0.5, 0.6) is 5.75 Å². The second-order valence-electron chi connectivity index (χ2n) is 5.08. The number of benzene rings is 2. The topological polar surface area (TPSA) is 65.1 Å². The van der Waals surface area contributed by atoms with E-state index < -0.39 is 0 Å². The standard InChI is InChI=1S/C17H16N2O2/c1-11-8-13(20)6-7-15(11)19-17(21)9-12-10-18-16-5-3-2-4-14(12)16/h2-8,10,18,20H,9H2,1H3,(H,19,21). The van der Waals surface area contributed by atoms with Crippen molar-refractivity contribution in [1.82, 2.24) is 4.98 Å². The highest BCUT2D eigenvalue weighted by Gasteiger charge is 2.10. The van der Waals surface area contributed by atoms with Gasteiger partial charge in [0.1, 0.15) is 5.75 Å². The van der Waals surface area contributed by atoms with Gasteiger partial charge in [0.25, 0.3) is 0 Å². The lowest BCUT2D eigenvalue weighted by atomic mass is 10.1. The third-order valence-electron chi connectivity index (χ3n) is 3.51. The molecule has 0 aliphatic heterocycles. The average molecular weight is 280 g/mol. The van der Waals surface area contributed by atoms with Crippen LogP contribution in [0.3, 0.4) is 0 Å². The Morgan fingerprint density at radius 3 is 2.86 bits per heavy atom. The van der Waals surface area contributed by atoms with Crippen molar-refractivity contribution in [3.63, 3.8) is 0 Å². The number of carbonyl (C=O) groups excluding carboxylic acids is 1. The second-order valence-corrected chi connectivity index (χ2v) is 5.08. The Kier molecular flexibility index (Phi) is 3.36. The molecule has 0 bridgehead atoms. The van der Waals surface area contributed by atoms with Crippen molar-refractivity contribution in [2.45, 2.75) is 13.3 Å². The van der Waals surface area contributed by atoms with Crippen LogP contribution >= 0.6 is 0 Å². The number of H-pyrrole nitrogens is 1. The van der Waals surface area contributed by atoms with Crippen molar-refractivity contribution in [1.29, 1.82) is 0 Å². The van der Waals surface area contributed by atoms with Gasteiger partial charge in [-0.1, -0.05) is 18.2 Å². The van der Waals surface area contributed by atoms with E-state index in [4.69, 9.17) is 0 Å². The third-order valence-corrected chi connectivity index (χ3v) is 3.51. The summed E-state index contributed by atoms with van der Waals surface area (Å²) in [6.45, 7) is 1.85. The highest BCUT2D eigenvalue weighted by atomic mass is 16.3. The molecule has 0 atom stereocenters. The lowest BCUT2D eigenvalue weighted by Crippen LogP contribution is -2.14. The quantitative estimate of drug-likeness (QED) is 0.644. The number of fused-ring (bicyclic) bond motifs is 1. The zero-order chi connectivity index (χ0) is 14.8. The van der Waals surface area contributed by atoms with E-state index in [1.54, 1.807) is 18.2 Å². The van der Waals surface area contributed by atoms with Crippen LogP contribution in [0.15, 0.2) is 48.7 Å². The van der Waals surface area contributed by atoms with E-state index >= 15 is 0 Å². The van der Waals surface area contributed by atoms with Crippen LogP contribution in [0.2, 0.25) is 0 Å². The lowest BCUT2D eigenvalue weighted by molar-refractivity contribution is -0.115. The number of carbonyl (C=O) groups is 1. The maximum absolute atomic E-state index is 12.2. The summed E-state index contributed by atoms with van der Waals surface area (Å²) >= 11 is 0. The predicted molar refractivity (Wildman–Crippen MR) is 83.5 cm³/mol. The third kappa shape index (κ3) is 2.74. The maximum Gasteiger partial charge on any atom is 0.228 e.